The summed E-state index contributed by atoms with van der Waals surface area (Å²) in [5.74, 6) is -0.923. The van der Waals surface area contributed by atoms with Gasteiger partial charge in [0.1, 0.15) is 11.2 Å². The molecular weight excluding hydrogens is 454 g/mol. The molecule has 0 saturated carbocycles. The van der Waals surface area contributed by atoms with Crippen LogP contribution in [0.3, 0.4) is 0 Å². The molecule has 3 amide bonds. The molecule has 36 heavy (non-hydrogen) atoms. The minimum absolute atomic E-state index is 0.113. The van der Waals surface area contributed by atoms with E-state index in [2.05, 4.69) is 10.3 Å². The van der Waals surface area contributed by atoms with Gasteiger partial charge in [-0.2, -0.15) is 0 Å². The first-order valence-electron chi connectivity index (χ1n) is 12.2. The van der Waals surface area contributed by atoms with E-state index in [1.165, 1.54) is 6.33 Å². The number of benzene rings is 2. The number of imidazole rings is 1. The van der Waals surface area contributed by atoms with E-state index in [4.69, 9.17) is 0 Å². The zero-order valence-electron chi connectivity index (χ0n) is 21.3. The van der Waals surface area contributed by atoms with Crippen LogP contribution < -0.4 is 5.32 Å². The van der Waals surface area contributed by atoms with Crippen molar-refractivity contribution < 1.29 is 14.4 Å². The first kappa shape index (κ1) is 25.2. The number of aromatic nitrogens is 2. The molecule has 0 spiro atoms. The Morgan fingerprint density at radius 3 is 2.44 bits per heavy atom. The Kier molecular flexibility index (Phi) is 7.24. The lowest BCUT2D eigenvalue weighted by atomic mass is 9.93. The topological polar surface area (TPSA) is 87.5 Å². The van der Waals surface area contributed by atoms with Gasteiger partial charge in [0, 0.05) is 26.7 Å². The summed E-state index contributed by atoms with van der Waals surface area (Å²) in [6.07, 6.45) is 2.17. The molecule has 0 bridgehead atoms. The van der Waals surface area contributed by atoms with Crippen molar-refractivity contribution in [2.24, 2.45) is 0 Å². The lowest BCUT2D eigenvalue weighted by Gasteiger charge is -2.43. The highest BCUT2D eigenvalue weighted by Gasteiger charge is 2.48. The van der Waals surface area contributed by atoms with Gasteiger partial charge >= 0.3 is 0 Å². The molecular formula is C28H33N5O3. The van der Waals surface area contributed by atoms with Crippen LogP contribution in [0.5, 0.6) is 0 Å². The Balaban J connectivity index is 1.57. The van der Waals surface area contributed by atoms with Crippen LogP contribution in [-0.2, 0) is 24.4 Å². The van der Waals surface area contributed by atoms with E-state index in [9.17, 15) is 14.4 Å². The van der Waals surface area contributed by atoms with Gasteiger partial charge in [0.25, 0.3) is 11.8 Å². The van der Waals surface area contributed by atoms with Crippen molar-refractivity contribution in [1.29, 1.82) is 0 Å². The normalized spacial score (nSPS) is 17.0. The van der Waals surface area contributed by atoms with E-state index >= 15 is 0 Å². The fraction of sp³-hybridized carbons (Fsp3) is 0.357. The second kappa shape index (κ2) is 10.4. The van der Waals surface area contributed by atoms with Crippen LogP contribution in [0, 0.1) is 6.92 Å². The Morgan fingerprint density at radius 1 is 1.08 bits per heavy atom. The van der Waals surface area contributed by atoms with Crippen molar-refractivity contribution in [3.63, 3.8) is 0 Å². The average molecular weight is 488 g/mol. The van der Waals surface area contributed by atoms with Gasteiger partial charge in [0.2, 0.25) is 5.91 Å². The second-order valence-electron chi connectivity index (χ2n) is 9.62. The minimum Gasteiger partial charge on any atom is -0.350 e. The molecule has 8 heteroatoms. The highest BCUT2D eigenvalue weighted by Crippen LogP contribution is 2.29. The fourth-order valence-corrected chi connectivity index (χ4v) is 4.61. The molecule has 0 saturated heterocycles. The van der Waals surface area contributed by atoms with E-state index < -0.39 is 5.54 Å². The number of aryl methyl sites for hydroxylation is 1. The first-order chi connectivity index (χ1) is 17.2. The maximum atomic E-state index is 13.7. The molecule has 3 aromatic rings. The quantitative estimate of drug-likeness (QED) is 0.528. The highest BCUT2D eigenvalue weighted by atomic mass is 16.2. The molecule has 1 aliphatic heterocycles. The van der Waals surface area contributed by atoms with Gasteiger partial charge in [-0.05, 0) is 31.4 Å². The minimum atomic E-state index is -1.11. The predicted octanol–water partition coefficient (Wildman–Crippen LogP) is 3.40. The molecule has 1 atom stereocenters. The summed E-state index contributed by atoms with van der Waals surface area (Å²) in [6, 6.07) is 17.6. The summed E-state index contributed by atoms with van der Waals surface area (Å²) < 4.78 is 1.64. The summed E-state index contributed by atoms with van der Waals surface area (Å²) in [5, 5.41) is 3.00. The van der Waals surface area contributed by atoms with Crippen LogP contribution in [0.2, 0.25) is 0 Å². The molecule has 0 aliphatic carbocycles. The van der Waals surface area contributed by atoms with Gasteiger partial charge in [0.15, 0.2) is 5.69 Å². The number of nitrogens with zero attached hydrogens (tertiary/aromatic N) is 4. The smallest absolute Gasteiger partial charge is 0.274 e. The number of nitrogens with one attached hydrogen (secondary N) is 1. The van der Waals surface area contributed by atoms with Crippen LogP contribution in [-0.4, -0.2) is 56.2 Å². The van der Waals surface area contributed by atoms with Crippen LogP contribution in [0.15, 0.2) is 60.9 Å². The summed E-state index contributed by atoms with van der Waals surface area (Å²) in [7, 11) is 1.70. The van der Waals surface area contributed by atoms with Crippen molar-refractivity contribution in [3.05, 3.63) is 89.0 Å². The maximum absolute atomic E-state index is 13.7. The second-order valence-corrected chi connectivity index (χ2v) is 9.62. The van der Waals surface area contributed by atoms with Gasteiger partial charge in [-0.1, -0.05) is 67.1 Å². The zero-order chi connectivity index (χ0) is 25.9. The van der Waals surface area contributed by atoms with Crippen molar-refractivity contribution in [2.45, 2.75) is 52.4 Å². The molecule has 8 nitrogen and oxygen atoms in total. The first-order valence-corrected chi connectivity index (χ1v) is 12.2. The van der Waals surface area contributed by atoms with Crippen LogP contribution in [0.1, 0.15) is 57.9 Å². The number of carbonyl (C=O) groups excluding carboxylic acids is 3. The SMILES string of the molecule is CCCN1C(=O)c2c(C(=O)N(C)Cc3ccccc3)ncn2C[C@]1(C)C(=O)NCc1ccc(C)cc1. The van der Waals surface area contributed by atoms with Crippen molar-refractivity contribution >= 4 is 17.7 Å². The highest BCUT2D eigenvalue weighted by molar-refractivity contribution is 6.07. The van der Waals surface area contributed by atoms with Crippen LogP contribution in [0.25, 0.3) is 0 Å². The monoisotopic (exact) mass is 487 g/mol. The summed E-state index contributed by atoms with van der Waals surface area (Å²) in [4.78, 5) is 47.9. The zero-order valence-corrected chi connectivity index (χ0v) is 21.3. The summed E-state index contributed by atoms with van der Waals surface area (Å²) in [5.41, 5.74) is 2.36. The molecule has 0 fully saturated rings. The number of hydrogen-bond acceptors (Lipinski definition) is 4. The van der Waals surface area contributed by atoms with Crippen molar-refractivity contribution in [1.82, 2.24) is 24.7 Å². The standard InChI is InChI=1S/C28H33N5O3/c1-5-15-33-26(35)24-23(25(34)31(4)17-22-9-7-6-8-10-22)30-19-32(24)18-28(33,3)27(36)29-16-21-13-11-20(2)12-14-21/h6-14,19H,5,15-18H2,1-4H3,(H,29,36)/t28-/m1/s1. The van der Waals surface area contributed by atoms with E-state index in [1.807, 2.05) is 68.4 Å². The van der Waals surface area contributed by atoms with Gasteiger partial charge in [0.05, 0.1) is 12.9 Å². The average Bonchev–Trinajstić information content (AvgIpc) is 3.29. The lowest BCUT2D eigenvalue weighted by Crippen LogP contribution is -2.64. The third-order valence-corrected chi connectivity index (χ3v) is 6.68. The molecule has 2 aromatic carbocycles. The number of fused-ring (bicyclic) bond motifs is 1. The predicted molar refractivity (Wildman–Crippen MR) is 137 cm³/mol. The Labute approximate surface area is 211 Å². The van der Waals surface area contributed by atoms with E-state index in [-0.39, 0.29) is 35.7 Å². The lowest BCUT2D eigenvalue weighted by molar-refractivity contribution is -0.133. The maximum Gasteiger partial charge on any atom is 0.274 e. The fourth-order valence-electron chi connectivity index (χ4n) is 4.61. The number of rotatable bonds is 8. The molecule has 2 heterocycles. The summed E-state index contributed by atoms with van der Waals surface area (Å²) >= 11 is 0. The van der Waals surface area contributed by atoms with E-state index in [1.54, 1.807) is 28.3 Å². The molecule has 1 aliphatic rings. The molecule has 0 unspecified atom stereocenters. The Bertz CT molecular complexity index is 1250. The molecule has 1 N–H and O–H groups in total. The number of hydrogen-bond donors (Lipinski definition) is 1. The molecule has 188 valence electrons. The van der Waals surface area contributed by atoms with E-state index in [0.717, 1.165) is 16.7 Å². The van der Waals surface area contributed by atoms with E-state index in [0.29, 0.717) is 26.1 Å². The largest absolute Gasteiger partial charge is 0.350 e. The van der Waals surface area contributed by atoms with Crippen LogP contribution in [0.4, 0.5) is 0 Å². The van der Waals surface area contributed by atoms with Crippen molar-refractivity contribution in [3.8, 4) is 0 Å². The number of amides is 3. The third kappa shape index (κ3) is 4.89. The Morgan fingerprint density at radius 2 is 1.78 bits per heavy atom. The van der Waals surface area contributed by atoms with Gasteiger partial charge < -0.3 is 19.7 Å². The van der Waals surface area contributed by atoms with Gasteiger partial charge in [-0.25, -0.2) is 4.98 Å². The molecule has 0 radical (unpaired) electrons. The van der Waals surface area contributed by atoms with Crippen LogP contribution >= 0.6 is 0 Å². The Hall–Kier alpha value is -3.94. The molecule has 4 rings (SSSR count). The van der Waals surface area contributed by atoms with Gasteiger partial charge in [-0.3, -0.25) is 14.4 Å². The number of carbonyl (C=O) groups is 3. The third-order valence-electron chi connectivity index (χ3n) is 6.68. The van der Waals surface area contributed by atoms with Crippen molar-refractivity contribution in [2.75, 3.05) is 13.6 Å². The van der Waals surface area contributed by atoms with Gasteiger partial charge in [-0.15, -0.1) is 0 Å². The summed E-state index contributed by atoms with van der Waals surface area (Å²) in [6.45, 7) is 7.13. The molecule has 1 aromatic heterocycles.